The second kappa shape index (κ2) is 8.54. The van der Waals surface area contributed by atoms with Gasteiger partial charge in [0.05, 0.1) is 6.61 Å². The van der Waals surface area contributed by atoms with Crippen LogP contribution in [-0.4, -0.2) is 53.6 Å². The largest absolute Gasteiger partial charge is 0.491 e. The number of nitrogens with zero attached hydrogens (tertiary/aromatic N) is 1. The Balaban J connectivity index is 1.52. The lowest BCUT2D eigenvalue weighted by atomic mass is 10.1. The molecule has 0 aromatic heterocycles. The molecule has 2 aromatic carbocycles. The average Bonchev–Trinajstić information content (AvgIpc) is 3.01. The van der Waals surface area contributed by atoms with E-state index in [4.69, 9.17) is 14.6 Å². The first kappa shape index (κ1) is 18.7. The van der Waals surface area contributed by atoms with Crippen LogP contribution in [0.5, 0.6) is 11.5 Å². The monoisotopic (exact) mass is 357 g/mol. The molecule has 1 heterocycles. The van der Waals surface area contributed by atoms with Gasteiger partial charge in [-0.15, -0.1) is 0 Å². The molecule has 1 saturated heterocycles. The summed E-state index contributed by atoms with van der Waals surface area (Å²) >= 11 is 0. The first-order valence-corrected chi connectivity index (χ1v) is 9.03. The molecule has 0 spiro atoms. The Morgan fingerprint density at radius 2 is 1.88 bits per heavy atom. The Kier molecular flexibility index (Phi) is 6.14. The summed E-state index contributed by atoms with van der Waals surface area (Å²) in [6, 6.07) is 15.7. The van der Waals surface area contributed by atoms with E-state index in [0.29, 0.717) is 26.2 Å². The van der Waals surface area contributed by atoms with Crippen molar-refractivity contribution in [2.24, 2.45) is 0 Å². The SMILES string of the molecule is Cc1ccc(OCC2(O)CCN(Cc3cccc(OCCO)c3)C2)cc1. The van der Waals surface area contributed by atoms with Crippen LogP contribution in [-0.2, 0) is 6.54 Å². The third-order valence-electron chi connectivity index (χ3n) is 4.60. The van der Waals surface area contributed by atoms with E-state index in [9.17, 15) is 5.11 Å². The third kappa shape index (κ3) is 5.21. The number of aryl methyl sites for hydroxylation is 1. The average molecular weight is 357 g/mol. The van der Waals surface area contributed by atoms with Crippen LogP contribution in [0.1, 0.15) is 17.5 Å². The van der Waals surface area contributed by atoms with Gasteiger partial charge in [-0.25, -0.2) is 0 Å². The van der Waals surface area contributed by atoms with Gasteiger partial charge in [-0.05, 0) is 43.2 Å². The highest BCUT2D eigenvalue weighted by molar-refractivity contribution is 5.29. The summed E-state index contributed by atoms with van der Waals surface area (Å²) in [6.07, 6.45) is 0.694. The highest BCUT2D eigenvalue weighted by Gasteiger charge is 2.36. The molecule has 0 saturated carbocycles. The summed E-state index contributed by atoms with van der Waals surface area (Å²) in [5, 5.41) is 19.7. The van der Waals surface area contributed by atoms with Crippen molar-refractivity contribution < 1.29 is 19.7 Å². The number of ether oxygens (including phenoxy) is 2. The smallest absolute Gasteiger partial charge is 0.119 e. The Morgan fingerprint density at radius 3 is 2.65 bits per heavy atom. The van der Waals surface area contributed by atoms with Gasteiger partial charge in [0.1, 0.15) is 30.3 Å². The Labute approximate surface area is 154 Å². The van der Waals surface area contributed by atoms with Crippen molar-refractivity contribution in [2.75, 3.05) is 32.9 Å². The molecule has 5 nitrogen and oxygen atoms in total. The standard InChI is InChI=1S/C21H27NO4/c1-17-5-7-19(8-6-17)26-16-21(24)9-10-22(15-21)14-18-3-2-4-20(13-18)25-12-11-23/h2-8,13,23-24H,9-12,14-16H2,1H3. The second-order valence-electron chi connectivity index (χ2n) is 7.01. The lowest BCUT2D eigenvalue weighted by Gasteiger charge is -2.24. The van der Waals surface area contributed by atoms with E-state index in [1.54, 1.807) is 0 Å². The molecule has 1 fully saturated rings. The van der Waals surface area contributed by atoms with Crippen LogP contribution in [0.15, 0.2) is 48.5 Å². The lowest BCUT2D eigenvalue weighted by molar-refractivity contribution is 0.00338. The molecule has 26 heavy (non-hydrogen) atoms. The Hall–Kier alpha value is -2.08. The first-order chi connectivity index (χ1) is 12.6. The fourth-order valence-corrected chi connectivity index (χ4v) is 3.20. The predicted molar refractivity (Wildman–Crippen MR) is 101 cm³/mol. The number of benzene rings is 2. The first-order valence-electron chi connectivity index (χ1n) is 9.03. The number of hydrogen-bond donors (Lipinski definition) is 2. The topological polar surface area (TPSA) is 62.2 Å². The molecular weight excluding hydrogens is 330 g/mol. The van der Waals surface area contributed by atoms with Crippen molar-refractivity contribution in [3.63, 3.8) is 0 Å². The molecule has 1 atom stereocenters. The molecule has 0 aliphatic carbocycles. The normalized spacial score (nSPS) is 20.3. The summed E-state index contributed by atoms with van der Waals surface area (Å²) in [6.45, 7) is 4.80. The maximum Gasteiger partial charge on any atom is 0.119 e. The van der Waals surface area contributed by atoms with Gasteiger partial charge >= 0.3 is 0 Å². The van der Waals surface area contributed by atoms with Crippen molar-refractivity contribution in [2.45, 2.75) is 25.5 Å². The van der Waals surface area contributed by atoms with Gasteiger partial charge < -0.3 is 19.7 Å². The van der Waals surface area contributed by atoms with Crippen molar-refractivity contribution in [1.29, 1.82) is 0 Å². The molecule has 1 aliphatic rings. The van der Waals surface area contributed by atoms with Crippen LogP contribution >= 0.6 is 0 Å². The van der Waals surface area contributed by atoms with E-state index < -0.39 is 5.60 Å². The zero-order valence-corrected chi connectivity index (χ0v) is 15.2. The fourth-order valence-electron chi connectivity index (χ4n) is 3.20. The minimum atomic E-state index is -0.824. The van der Waals surface area contributed by atoms with Gasteiger partial charge in [0.2, 0.25) is 0 Å². The van der Waals surface area contributed by atoms with E-state index >= 15 is 0 Å². The molecule has 0 amide bonds. The molecule has 2 aromatic rings. The molecular formula is C21H27NO4. The van der Waals surface area contributed by atoms with Gasteiger partial charge in [-0.3, -0.25) is 4.90 Å². The Morgan fingerprint density at radius 1 is 1.08 bits per heavy atom. The van der Waals surface area contributed by atoms with Crippen molar-refractivity contribution in [3.05, 3.63) is 59.7 Å². The van der Waals surface area contributed by atoms with Crippen LogP contribution in [0, 0.1) is 6.92 Å². The van der Waals surface area contributed by atoms with Crippen LogP contribution in [0.4, 0.5) is 0 Å². The Bertz CT molecular complexity index is 703. The molecule has 5 heteroatoms. The number of hydrogen-bond acceptors (Lipinski definition) is 5. The van der Waals surface area contributed by atoms with Crippen LogP contribution < -0.4 is 9.47 Å². The number of β-amino-alcohol motifs (C(OH)–C–C–N with tert-alkyl or cyclic N) is 1. The number of rotatable bonds is 8. The molecule has 1 unspecified atom stereocenters. The van der Waals surface area contributed by atoms with Crippen molar-refractivity contribution in [1.82, 2.24) is 4.90 Å². The third-order valence-corrected chi connectivity index (χ3v) is 4.60. The van der Waals surface area contributed by atoms with Gasteiger partial charge in [0.25, 0.3) is 0 Å². The highest BCUT2D eigenvalue weighted by atomic mass is 16.5. The summed E-state index contributed by atoms with van der Waals surface area (Å²) in [5.74, 6) is 1.55. The molecule has 1 aliphatic heterocycles. The minimum Gasteiger partial charge on any atom is -0.491 e. The maximum absolute atomic E-state index is 10.8. The van der Waals surface area contributed by atoms with E-state index in [-0.39, 0.29) is 6.61 Å². The lowest BCUT2D eigenvalue weighted by Crippen LogP contribution is -2.39. The quantitative estimate of drug-likeness (QED) is 0.760. The molecule has 140 valence electrons. The van der Waals surface area contributed by atoms with Crippen LogP contribution in [0.3, 0.4) is 0 Å². The second-order valence-corrected chi connectivity index (χ2v) is 7.01. The van der Waals surface area contributed by atoms with Gasteiger partial charge in [0, 0.05) is 19.6 Å². The van der Waals surface area contributed by atoms with Crippen LogP contribution in [0.2, 0.25) is 0 Å². The summed E-state index contributed by atoms with van der Waals surface area (Å²) < 4.78 is 11.2. The molecule has 3 rings (SSSR count). The van der Waals surface area contributed by atoms with E-state index in [0.717, 1.165) is 30.2 Å². The summed E-state index contributed by atoms with van der Waals surface area (Å²) in [5.41, 5.74) is 1.49. The number of likely N-dealkylation sites (tertiary alicyclic amines) is 1. The fraction of sp³-hybridized carbons (Fsp3) is 0.429. The van der Waals surface area contributed by atoms with E-state index in [1.807, 2.05) is 55.5 Å². The minimum absolute atomic E-state index is 0.00433. The number of aliphatic hydroxyl groups excluding tert-OH is 1. The molecule has 2 N–H and O–H groups in total. The zero-order valence-electron chi connectivity index (χ0n) is 15.2. The van der Waals surface area contributed by atoms with E-state index in [1.165, 1.54) is 5.56 Å². The summed E-state index contributed by atoms with van der Waals surface area (Å²) in [7, 11) is 0. The van der Waals surface area contributed by atoms with E-state index in [2.05, 4.69) is 4.90 Å². The van der Waals surface area contributed by atoms with Crippen LogP contribution in [0.25, 0.3) is 0 Å². The van der Waals surface area contributed by atoms with Gasteiger partial charge in [-0.1, -0.05) is 29.8 Å². The number of aliphatic hydroxyl groups is 2. The highest BCUT2D eigenvalue weighted by Crippen LogP contribution is 2.25. The summed E-state index contributed by atoms with van der Waals surface area (Å²) in [4.78, 5) is 2.23. The zero-order chi connectivity index (χ0) is 18.4. The van der Waals surface area contributed by atoms with Gasteiger partial charge in [-0.2, -0.15) is 0 Å². The molecule has 0 bridgehead atoms. The van der Waals surface area contributed by atoms with Crippen molar-refractivity contribution >= 4 is 0 Å². The predicted octanol–water partition coefficient (Wildman–Crippen LogP) is 2.38. The van der Waals surface area contributed by atoms with Gasteiger partial charge in [0.15, 0.2) is 0 Å². The maximum atomic E-state index is 10.8. The molecule has 0 radical (unpaired) electrons. The van der Waals surface area contributed by atoms with Crippen molar-refractivity contribution in [3.8, 4) is 11.5 Å².